The molecular weight excluding hydrogens is 231 g/mol. The Morgan fingerprint density at radius 3 is 2.78 bits per heavy atom. The quantitative estimate of drug-likeness (QED) is 0.747. The van der Waals surface area contributed by atoms with E-state index in [-0.39, 0.29) is 5.82 Å². The molecule has 2 N–H and O–H groups in total. The summed E-state index contributed by atoms with van der Waals surface area (Å²) in [7, 11) is 1.72. The van der Waals surface area contributed by atoms with Crippen LogP contribution in [0.1, 0.15) is 39.5 Å². The normalized spacial score (nSPS) is 12.2. The number of halogens is 1. The highest BCUT2D eigenvalue weighted by Crippen LogP contribution is 2.16. The largest absolute Gasteiger partial charge is 0.367 e. The maximum Gasteiger partial charge on any atom is 0.224 e. The molecule has 0 aromatic carbocycles. The zero-order valence-electron chi connectivity index (χ0n) is 11.5. The number of aromatic nitrogens is 2. The predicted molar refractivity (Wildman–Crippen MR) is 73.3 cm³/mol. The molecule has 0 bridgehead atoms. The lowest BCUT2D eigenvalue weighted by molar-refractivity contribution is 0.471. The summed E-state index contributed by atoms with van der Waals surface area (Å²) in [4.78, 5) is 7.89. The van der Waals surface area contributed by atoms with E-state index in [9.17, 15) is 4.39 Å². The summed E-state index contributed by atoms with van der Waals surface area (Å²) in [5.41, 5.74) is 0. The zero-order valence-corrected chi connectivity index (χ0v) is 11.5. The molecule has 1 aromatic rings. The van der Waals surface area contributed by atoms with E-state index in [2.05, 4.69) is 34.4 Å². The summed E-state index contributed by atoms with van der Waals surface area (Å²) in [6.45, 7) is 5.11. The number of hydrogen-bond acceptors (Lipinski definition) is 4. The Morgan fingerprint density at radius 1 is 1.39 bits per heavy atom. The van der Waals surface area contributed by atoms with Gasteiger partial charge < -0.3 is 10.6 Å². The first-order chi connectivity index (χ1) is 8.71. The van der Waals surface area contributed by atoms with Gasteiger partial charge in [0.05, 0.1) is 6.20 Å². The van der Waals surface area contributed by atoms with Crippen LogP contribution in [0.5, 0.6) is 0 Å². The molecule has 1 unspecified atom stereocenters. The summed E-state index contributed by atoms with van der Waals surface area (Å²) < 4.78 is 13.5. The van der Waals surface area contributed by atoms with Gasteiger partial charge in [-0.2, -0.15) is 4.98 Å². The Kier molecular flexibility index (Phi) is 6.39. The van der Waals surface area contributed by atoms with Crippen molar-refractivity contribution >= 4 is 11.8 Å². The van der Waals surface area contributed by atoms with Crippen molar-refractivity contribution in [2.45, 2.75) is 39.5 Å². The molecule has 0 aliphatic carbocycles. The molecule has 5 heteroatoms. The van der Waals surface area contributed by atoms with Gasteiger partial charge >= 0.3 is 0 Å². The average molecular weight is 254 g/mol. The van der Waals surface area contributed by atoms with Gasteiger partial charge in [-0.1, -0.05) is 33.1 Å². The van der Waals surface area contributed by atoms with Crippen molar-refractivity contribution in [1.29, 1.82) is 0 Å². The minimum absolute atomic E-state index is 0.282. The van der Waals surface area contributed by atoms with Crippen LogP contribution in [0, 0.1) is 11.7 Å². The second kappa shape index (κ2) is 7.84. The third-order valence-electron chi connectivity index (χ3n) is 3.07. The number of rotatable bonds is 8. The first kappa shape index (κ1) is 14.7. The molecule has 1 atom stereocenters. The van der Waals surface area contributed by atoms with E-state index in [1.54, 1.807) is 7.05 Å². The molecule has 0 saturated carbocycles. The molecule has 0 amide bonds. The van der Waals surface area contributed by atoms with Crippen molar-refractivity contribution in [1.82, 2.24) is 9.97 Å². The van der Waals surface area contributed by atoms with Crippen LogP contribution in [0.15, 0.2) is 6.20 Å². The Morgan fingerprint density at radius 2 is 2.17 bits per heavy atom. The van der Waals surface area contributed by atoms with E-state index in [1.165, 1.54) is 25.5 Å². The van der Waals surface area contributed by atoms with Gasteiger partial charge in [-0.15, -0.1) is 0 Å². The summed E-state index contributed by atoms with van der Waals surface area (Å²) in [6, 6.07) is 0. The first-order valence-electron chi connectivity index (χ1n) is 6.65. The van der Waals surface area contributed by atoms with Gasteiger partial charge in [0.15, 0.2) is 11.6 Å². The highest BCUT2D eigenvalue weighted by Gasteiger charge is 2.09. The smallest absolute Gasteiger partial charge is 0.224 e. The summed E-state index contributed by atoms with van der Waals surface area (Å²) in [5, 5.41) is 5.88. The molecule has 0 fully saturated rings. The number of anilines is 2. The van der Waals surface area contributed by atoms with E-state index in [4.69, 9.17) is 0 Å². The number of hydrogen-bond donors (Lipinski definition) is 2. The van der Waals surface area contributed by atoms with Crippen LogP contribution in [0.2, 0.25) is 0 Å². The summed E-state index contributed by atoms with van der Waals surface area (Å²) in [5.74, 6) is 0.876. The number of nitrogens with one attached hydrogen (secondary N) is 2. The monoisotopic (exact) mass is 254 g/mol. The number of nitrogens with zero attached hydrogens (tertiary/aromatic N) is 2. The van der Waals surface area contributed by atoms with Crippen LogP contribution in [0.3, 0.4) is 0 Å². The summed E-state index contributed by atoms with van der Waals surface area (Å²) in [6.07, 6.45) is 5.87. The summed E-state index contributed by atoms with van der Waals surface area (Å²) >= 11 is 0. The van der Waals surface area contributed by atoms with Crippen LogP contribution in [-0.4, -0.2) is 23.6 Å². The van der Waals surface area contributed by atoms with E-state index >= 15 is 0 Å². The fraction of sp³-hybridized carbons (Fsp3) is 0.692. The van der Waals surface area contributed by atoms with Crippen LogP contribution in [0.25, 0.3) is 0 Å². The van der Waals surface area contributed by atoms with E-state index in [0.29, 0.717) is 11.9 Å². The molecule has 18 heavy (non-hydrogen) atoms. The lowest BCUT2D eigenvalue weighted by Crippen LogP contribution is -2.16. The Labute approximate surface area is 108 Å². The molecule has 0 spiro atoms. The topological polar surface area (TPSA) is 49.8 Å². The van der Waals surface area contributed by atoms with Crippen LogP contribution in [-0.2, 0) is 0 Å². The fourth-order valence-corrected chi connectivity index (χ4v) is 1.80. The first-order valence-corrected chi connectivity index (χ1v) is 6.65. The van der Waals surface area contributed by atoms with Gasteiger partial charge in [0, 0.05) is 13.6 Å². The predicted octanol–water partition coefficient (Wildman–Crippen LogP) is 3.29. The van der Waals surface area contributed by atoms with Crippen molar-refractivity contribution in [3.05, 3.63) is 12.0 Å². The van der Waals surface area contributed by atoms with E-state index in [1.807, 2.05) is 0 Å². The lowest BCUT2D eigenvalue weighted by atomic mass is 9.99. The van der Waals surface area contributed by atoms with Crippen LogP contribution < -0.4 is 10.6 Å². The molecule has 0 radical (unpaired) electrons. The van der Waals surface area contributed by atoms with Gasteiger partial charge in [-0.05, 0) is 12.3 Å². The zero-order chi connectivity index (χ0) is 13.4. The molecule has 0 aliphatic heterocycles. The molecule has 1 rings (SSSR count). The standard InChI is InChI=1S/C13H23FN4/c1-4-6-7-10(5-2)8-16-12-11(14)9-17-13(15-3)18-12/h9-10H,4-8H2,1-3H3,(H2,15,16,17,18). The lowest BCUT2D eigenvalue weighted by Gasteiger charge is -2.16. The minimum Gasteiger partial charge on any atom is -0.367 e. The van der Waals surface area contributed by atoms with Crippen LogP contribution in [0.4, 0.5) is 16.2 Å². The second-order valence-electron chi connectivity index (χ2n) is 4.44. The Hall–Kier alpha value is -1.39. The van der Waals surface area contributed by atoms with Crippen molar-refractivity contribution in [2.75, 3.05) is 24.2 Å². The molecule has 0 saturated heterocycles. The van der Waals surface area contributed by atoms with Gasteiger partial charge in [0.25, 0.3) is 0 Å². The van der Waals surface area contributed by atoms with Gasteiger partial charge in [-0.3, -0.25) is 0 Å². The van der Waals surface area contributed by atoms with E-state index in [0.717, 1.165) is 13.0 Å². The highest BCUT2D eigenvalue weighted by molar-refractivity contribution is 5.40. The van der Waals surface area contributed by atoms with Crippen molar-refractivity contribution in [3.8, 4) is 0 Å². The third kappa shape index (κ3) is 4.47. The van der Waals surface area contributed by atoms with Gasteiger partial charge in [0.2, 0.25) is 5.95 Å². The average Bonchev–Trinajstić information content (AvgIpc) is 2.40. The van der Waals surface area contributed by atoms with E-state index < -0.39 is 5.82 Å². The minimum atomic E-state index is -0.403. The van der Waals surface area contributed by atoms with Crippen LogP contribution >= 0.6 is 0 Å². The molecule has 1 aromatic heterocycles. The third-order valence-corrected chi connectivity index (χ3v) is 3.07. The molecule has 4 nitrogen and oxygen atoms in total. The number of unbranched alkanes of at least 4 members (excludes halogenated alkanes) is 1. The maximum atomic E-state index is 13.5. The Balaban J connectivity index is 2.55. The molecule has 0 aliphatic rings. The molecular formula is C13H23FN4. The molecule has 1 heterocycles. The SMILES string of the molecule is CCCCC(CC)CNc1nc(NC)ncc1F. The van der Waals surface area contributed by atoms with Gasteiger partial charge in [-0.25, -0.2) is 9.37 Å². The van der Waals surface area contributed by atoms with Crippen molar-refractivity contribution in [3.63, 3.8) is 0 Å². The Bertz CT molecular complexity index is 357. The maximum absolute atomic E-state index is 13.5. The molecule has 102 valence electrons. The van der Waals surface area contributed by atoms with Crippen molar-refractivity contribution in [2.24, 2.45) is 5.92 Å². The van der Waals surface area contributed by atoms with Crippen molar-refractivity contribution < 1.29 is 4.39 Å². The fourth-order valence-electron chi connectivity index (χ4n) is 1.80. The second-order valence-corrected chi connectivity index (χ2v) is 4.44. The highest BCUT2D eigenvalue weighted by atomic mass is 19.1. The van der Waals surface area contributed by atoms with Gasteiger partial charge in [0.1, 0.15) is 0 Å².